The molecule has 158 valence electrons. The Morgan fingerprint density at radius 2 is 2.00 bits per heavy atom. The number of carbonyl (C=O) groups is 1. The van der Waals surface area contributed by atoms with Gasteiger partial charge in [0.05, 0.1) is 18.3 Å². The highest BCUT2D eigenvalue weighted by Crippen LogP contribution is 2.39. The molecule has 1 aliphatic rings. The zero-order valence-corrected chi connectivity index (χ0v) is 15.9. The molecule has 6 nitrogen and oxygen atoms in total. The number of halogens is 3. The summed E-state index contributed by atoms with van der Waals surface area (Å²) in [5, 5.41) is 30.8. The number of nitrogens with one attached hydrogen (secondary N) is 1. The fourth-order valence-electron chi connectivity index (χ4n) is 3.28. The van der Waals surface area contributed by atoms with Crippen LogP contribution in [-0.2, 0) is 4.79 Å². The van der Waals surface area contributed by atoms with Crippen molar-refractivity contribution in [3.8, 4) is 6.07 Å². The Balaban J connectivity index is 2.11. The Morgan fingerprint density at radius 1 is 1.27 bits per heavy atom. The van der Waals surface area contributed by atoms with Gasteiger partial charge in [-0.2, -0.15) is 18.4 Å². The summed E-state index contributed by atoms with van der Waals surface area (Å²) in [5.74, 6) is -1.27. The molecule has 2 aromatic carbocycles. The zero-order chi connectivity index (χ0) is 21.9. The van der Waals surface area contributed by atoms with E-state index in [4.69, 9.17) is 5.11 Å². The average molecular weight is 419 g/mol. The van der Waals surface area contributed by atoms with Crippen LogP contribution in [0.2, 0.25) is 0 Å². The van der Waals surface area contributed by atoms with E-state index >= 15 is 0 Å². The second kappa shape index (κ2) is 8.73. The molecule has 9 heteroatoms. The fourth-order valence-corrected chi connectivity index (χ4v) is 3.28. The number of carbonyl (C=O) groups excluding carboxylic acids is 1. The highest BCUT2D eigenvalue weighted by atomic mass is 19.4. The number of aliphatic hydroxyl groups is 2. The van der Waals surface area contributed by atoms with Gasteiger partial charge in [0.25, 0.3) is 5.91 Å². The number of anilines is 1. The number of aliphatic hydroxyl groups excluding tert-OH is 2. The van der Waals surface area contributed by atoms with E-state index in [1.807, 2.05) is 12.1 Å². The SMILES string of the molecule is N#C/C(C(=O)NCC(O)CO)=C(\c1ccc2cccc(N3CCC3)c2c1)C(F)(F)F. The van der Waals surface area contributed by atoms with Crippen molar-refractivity contribution in [2.24, 2.45) is 0 Å². The van der Waals surface area contributed by atoms with Gasteiger partial charge in [-0.1, -0.05) is 24.3 Å². The van der Waals surface area contributed by atoms with Crippen LogP contribution >= 0.6 is 0 Å². The molecule has 1 atom stereocenters. The smallest absolute Gasteiger partial charge is 0.394 e. The number of hydrogen-bond acceptors (Lipinski definition) is 5. The standard InChI is InChI=1S/C21H20F3N3O3/c22-21(23,24)19(17(10-25)20(30)26-11-15(29)12-28)14-6-5-13-3-1-4-18(16(13)9-14)27-7-2-8-27/h1,3-6,9,15,28-29H,2,7-8,11-12H2,(H,26,30)/b19-17-. The predicted molar refractivity (Wildman–Crippen MR) is 105 cm³/mol. The number of alkyl halides is 3. The van der Waals surface area contributed by atoms with E-state index in [-0.39, 0.29) is 5.56 Å². The second-order valence-electron chi connectivity index (χ2n) is 6.96. The van der Waals surface area contributed by atoms with Crippen LogP contribution in [0, 0.1) is 11.3 Å². The molecule has 0 bridgehead atoms. The monoisotopic (exact) mass is 419 g/mol. The lowest BCUT2D eigenvalue weighted by atomic mass is 9.95. The number of rotatable bonds is 6. The summed E-state index contributed by atoms with van der Waals surface area (Å²) in [5.41, 5.74) is -1.94. The topological polar surface area (TPSA) is 96.6 Å². The van der Waals surface area contributed by atoms with E-state index in [9.17, 15) is 28.3 Å². The Morgan fingerprint density at radius 3 is 2.57 bits per heavy atom. The molecule has 0 aromatic heterocycles. The van der Waals surface area contributed by atoms with E-state index < -0.39 is 42.5 Å². The predicted octanol–water partition coefficient (Wildman–Crippen LogP) is 2.36. The first-order valence-corrected chi connectivity index (χ1v) is 9.33. The molecule has 30 heavy (non-hydrogen) atoms. The minimum atomic E-state index is -4.96. The van der Waals surface area contributed by atoms with Gasteiger partial charge in [-0.3, -0.25) is 4.79 Å². The van der Waals surface area contributed by atoms with Gasteiger partial charge in [0.15, 0.2) is 0 Å². The number of nitriles is 1. The van der Waals surface area contributed by atoms with E-state index in [2.05, 4.69) is 10.2 Å². The first-order chi connectivity index (χ1) is 14.3. The van der Waals surface area contributed by atoms with Gasteiger partial charge in [-0.05, 0) is 29.5 Å². The first-order valence-electron chi connectivity index (χ1n) is 9.33. The van der Waals surface area contributed by atoms with Gasteiger partial charge < -0.3 is 20.4 Å². The molecule has 3 rings (SSSR count). The summed E-state index contributed by atoms with van der Waals surface area (Å²) in [4.78, 5) is 14.3. The molecule has 1 fully saturated rings. The first kappa shape index (κ1) is 21.6. The largest absolute Gasteiger partial charge is 0.418 e. The quantitative estimate of drug-likeness (QED) is 0.494. The van der Waals surface area contributed by atoms with Crippen LogP contribution in [0.4, 0.5) is 18.9 Å². The maximum atomic E-state index is 13.9. The molecule has 2 aromatic rings. The Kier molecular flexibility index (Phi) is 6.29. The van der Waals surface area contributed by atoms with Gasteiger partial charge >= 0.3 is 6.18 Å². The molecule has 1 amide bonds. The van der Waals surface area contributed by atoms with Crippen LogP contribution in [0.1, 0.15) is 12.0 Å². The molecule has 0 spiro atoms. The normalized spacial score (nSPS) is 15.8. The van der Waals surface area contributed by atoms with Crippen LogP contribution in [0.15, 0.2) is 42.0 Å². The minimum absolute atomic E-state index is 0.294. The summed E-state index contributed by atoms with van der Waals surface area (Å²) in [6.07, 6.45) is -5.30. The average Bonchev–Trinajstić information content (AvgIpc) is 2.67. The lowest BCUT2D eigenvalue weighted by Crippen LogP contribution is -2.37. The van der Waals surface area contributed by atoms with Crippen molar-refractivity contribution in [2.45, 2.75) is 18.7 Å². The number of hydrogen-bond donors (Lipinski definition) is 3. The molecular weight excluding hydrogens is 399 g/mol. The van der Waals surface area contributed by atoms with Crippen LogP contribution in [0.5, 0.6) is 0 Å². The van der Waals surface area contributed by atoms with E-state index in [1.54, 1.807) is 6.07 Å². The Labute approximate surface area is 170 Å². The van der Waals surface area contributed by atoms with Crippen molar-refractivity contribution < 1.29 is 28.2 Å². The number of fused-ring (bicyclic) bond motifs is 1. The number of benzene rings is 2. The summed E-state index contributed by atoms with van der Waals surface area (Å²) in [6, 6.07) is 10.9. The maximum Gasteiger partial charge on any atom is 0.418 e. The maximum absolute atomic E-state index is 13.9. The van der Waals surface area contributed by atoms with Crippen molar-refractivity contribution >= 4 is 27.9 Å². The number of nitrogens with zero attached hydrogens (tertiary/aromatic N) is 2. The molecule has 0 saturated carbocycles. The lowest BCUT2D eigenvalue weighted by molar-refractivity contribution is -0.118. The molecular formula is C21H20F3N3O3. The van der Waals surface area contributed by atoms with Crippen molar-refractivity contribution in [3.63, 3.8) is 0 Å². The summed E-state index contributed by atoms with van der Waals surface area (Å²) in [7, 11) is 0. The molecule has 1 saturated heterocycles. The molecule has 0 aliphatic carbocycles. The highest BCUT2D eigenvalue weighted by Gasteiger charge is 2.39. The van der Waals surface area contributed by atoms with Gasteiger partial charge in [0.1, 0.15) is 11.6 Å². The van der Waals surface area contributed by atoms with Gasteiger partial charge in [-0.15, -0.1) is 0 Å². The highest BCUT2D eigenvalue weighted by molar-refractivity contribution is 6.07. The molecule has 3 N–H and O–H groups in total. The van der Waals surface area contributed by atoms with Crippen molar-refractivity contribution in [2.75, 3.05) is 31.1 Å². The minimum Gasteiger partial charge on any atom is -0.394 e. The van der Waals surface area contributed by atoms with Crippen LogP contribution in [0.3, 0.4) is 0 Å². The van der Waals surface area contributed by atoms with Gasteiger partial charge in [0.2, 0.25) is 0 Å². The molecule has 1 unspecified atom stereocenters. The third-order valence-corrected chi connectivity index (χ3v) is 4.93. The third-order valence-electron chi connectivity index (χ3n) is 4.93. The third kappa shape index (κ3) is 4.40. The van der Waals surface area contributed by atoms with Crippen molar-refractivity contribution in [1.29, 1.82) is 5.26 Å². The Bertz CT molecular complexity index is 1020. The van der Waals surface area contributed by atoms with Crippen LogP contribution < -0.4 is 10.2 Å². The zero-order valence-electron chi connectivity index (χ0n) is 15.9. The Hall–Kier alpha value is -3.09. The van der Waals surface area contributed by atoms with Gasteiger partial charge in [-0.25, -0.2) is 0 Å². The van der Waals surface area contributed by atoms with Crippen LogP contribution in [-0.4, -0.2) is 54.6 Å². The molecule has 1 aliphatic heterocycles. The van der Waals surface area contributed by atoms with Crippen molar-refractivity contribution in [3.05, 3.63) is 47.5 Å². The summed E-state index contributed by atoms with van der Waals surface area (Å²) >= 11 is 0. The van der Waals surface area contributed by atoms with E-state index in [0.717, 1.165) is 30.6 Å². The molecule has 1 heterocycles. The van der Waals surface area contributed by atoms with Crippen molar-refractivity contribution in [1.82, 2.24) is 5.32 Å². The fraction of sp³-hybridized carbons (Fsp3) is 0.333. The van der Waals surface area contributed by atoms with Gasteiger partial charge in [0, 0.05) is 30.7 Å². The summed E-state index contributed by atoms with van der Waals surface area (Å²) < 4.78 is 41.7. The van der Waals surface area contributed by atoms with E-state index in [1.165, 1.54) is 24.3 Å². The van der Waals surface area contributed by atoms with E-state index in [0.29, 0.717) is 5.39 Å². The van der Waals surface area contributed by atoms with Crippen LogP contribution in [0.25, 0.3) is 16.3 Å². The number of allylic oxidation sites excluding steroid dienone is 1. The second-order valence-corrected chi connectivity index (χ2v) is 6.96. The summed E-state index contributed by atoms with van der Waals surface area (Å²) in [6.45, 7) is 0.457. The lowest BCUT2D eigenvalue weighted by Gasteiger charge is -2.34. The molecule has 0 radical (unpaired) electrons. The number of amides is 1.